The Balaban J connectivity index is 1.93. The Morgan fingerprint density at radius 3 is 2.67 bits per heavy atom. The second kappa shape index (κ2) is 5.62. The Morgan fingerprint density at radius 2 is 1.90 bits per heavy atom. The molecule has 0 aromatic carbocycles. The summed E-state index contributed by atoms with van der Waals surface area (Å²) in [4.78, 5) is 12.4. The van der Waals surface area contributed by atoms with Crippen LogP contribution in [-0.4, -0.2) is 15.0 Å². The van der Waals surface area contributed by atoms with Crippen molar-refractivity contribution < 1.29 is 4.74 Å². The van der Waals surface area contributed by atoms with Gasteiger partial charge in [0.25, 0.3) is 0 Å². The lowest BCUT2D eigenvalue weighted by Crippen LogP contribution is -2.06. The summed E-state index contributed by atoms with van der Waals surface area (Å²) in [5, 5.41) is 0. The topological polar surface area (TPSA) is 99.9 Å². The molecule has 0 saturated carbocycles. The molecule has 0 unspecified atom stereocenters. The Bertz CT molecular complexity index is 724. The molecule has 0 spiro atoms. The van der Waals surface area contributed by atoms with Gasteiger partial charge in [-0.2, -0.15) is 0 Å². The first-order valence-electron chi connectivity index (χ1n) is 6.59. The number of nitrogens with zero attached hydrogens (tertiary/aromatic N) is 3. The van der Waals surface area contributed by atoms with Gasteiger partial charge in [0.15, 0.2) is 0 Å². The van der Waals surface area contributed by atoms with Crippen molar-refractivity contribution in [2.75, 3.05) is 5.73 Å². The lowest BCUT2D eigenvalue weighted by atomic mass is 10.1. The number of hydrogen-bond donors (Lipinski definition) is 2. The van der Waals surface area contributed by atoms with Crippen LogP contribution in [0.3, 0.4) is 0 Å². The summed E-state index contributed by atoms with van der Waals surface area (Å²) in [7, 11) is 0. The minimum atomic E-state index is 0.217. The number of anilines is 1. The number of pyridine rings is 1. The van der Waals surface area contributed by atoms with Gasteiger partial charge in [-0.3, -0.25) is 0 Å². The molecule has 6 heteroatoms. The molecule has 0 atom stereocenters. The molecule has 2 aromatic heterocycles. The van der Waals surface area contributed by atoms with Gasteiger partial charge in [-0.1, -0.05) is 0 Å². The van der Waals surface area contributed by atoms with Gasteiger partial charge < -0.3 is 16.2 Å². The van der Waals surface area contributed by atoms with Crippen LogP contribution in [0.5, 0.6) is 5.88 Å². The van der Waals surface area contributed by atoms with Gasteiger partial charge in [0.05, 0.1) is 11.3 Å². The van der Waals surface area contributed by atoms with E-state index >= 15 is 0 Å². The van der Waals surface area contributed by atoms with Crippen LogP contribution in [0.25, 0.3) is 11.3 Å². The van der Waals surface area contributed by atoms with Crippen molar-refractivity contribution in [3.8, 4) is 17.1 Å². The highest BCUT2D eigenvalue weighted by molar-refractivity contribution is 5.65. The molecule has 1 aliphatic rings. The van der Waals surface area contributed by atoms with Crippen LogP contribution in [-0.2, 0) is 0 Å². The third-order valence-corrected chi connectivity index (χ3v) is 3.09. The molecule has 6 nitrogen and oxygen atoms in total. The maximum atomic E-state index is 5.88. The molecule has 4 N–H and O–H groups in total. The van der Waals surface area contributed by atoms with Crippen molar-refractivity contribution in [1.29, 1.82) is 0 Å². The van der Waals surface area contributed by atoms with Crippen LogP contribution in [0, 0.1) is 0 Å². The zero-order chi connectivity index (χ0) is 14.7. The van der Waals surface area contributed by atoms with E-state index in [4.69, 9.17) is 16.2 Å². The Hall–Kier alpha value is -2.89. The van der Waals surface area contributed by atoms with Crippen molar-refractivity contribution in [2.24, 2.45) is 5.73 Å². The number of hydrogen-bond acceptors (Lipinski definition) is 6. The first-order chi connectivity index (χ1) is 10.2. The second-order valence-corrected chi connectivity index (χ2v) is 4.63. The van der Waals surface area contributed by atoms with Crippen LogP contribution in [0.15, 0.2) is 54.2 Å². The zero-order valence-electron chi connectivity index (χ0n) is 11.4. The van der Waals surface area contributed by atoms with E-state index in [9.17, 15) is 0 Å². The van der Waals surface area contributed by atoms with Gasteiger partial charge in [-0.05, 0) is 36.8 Å². The lowest BCUT2D eigenvalue weighted by Gasteiger charge is -2.14. The normalized spacial score (nSPS) is 14.3. The van der Waals surface area contributed by atoms with E-state index in [2.05, 4.69) is 15.0 Å². The standard InChI is InChI=1S/C15H15N5O/c16-10-3-5-11(6-4-10)21-14-12(2-1-8-18-14)13-7-9-19-15(17)20-13/h1-3,5,7-9H,4,6,16H2,(H2,17,19,20). The van der Waals surface area contributed by atoms with Gasteiger partial charge in [0.1, 0.15) is 5.76 Å². The van der Waals surface area contributed by atoms with Crippen LogP contribution < -0.4 is 16.2 Å². The first-order valence-corrected chi connectivity index (χ1v) is 6.59. The third kappa shape index (κ3) is 3.00. The summed E-state index contributed by atoms with van der Waals surface area (Å²) in [6.45, 7) is 0. The molecule has 2 aromatic rings. The number of nitrogens with two attached hydrogens (primary N) is 2. The summed E-state index contributed by atoms with van der Waals surface area (Å²) in [5.41, 5.74) is 13.7. The van der Waals surface area contributed by atoms with Gasteiger partial charge in [-0.15, -0.1) is 0 Å². The molecule has 0 amide bonds. The molecular weight excluding hydrogens is 266 g/mol. The van der Waals surface area contributed by atoms with Gasteiger partial charge in [0, 0.05) is 24.5 Å². The molecule has 0 saturated heterocycles. The molecule has 21 heavy (non-hydrogen) atoms. The number of aromatic nitrogens is 3. The van der Waals surface area contributed by atoms with E-state index in [-0.39, 0.29) is 5.95 Å². The maximum Gasteiger partial charge on any atom is 0.228 e. The van der Waals surface area contributed by atoms with E-state index in [1.54, 1.807) is 18.5 Å². The summed E-state index contributed by atoms with van der Waals surface area (Å²) in [5.74, 6) is 1.54. The van der Waals surface area contributed by atoms with Crippen LogP contribution in [0.2, 0.25) is 0 Å². The van der Waals surface area contributed by atoms with Gasteiger partial charge in [0.2, 0.25) is 11.8 Å². The fourth-order valence-electron chi connectivity index (χ4n) is 2.03. The second-order valence-electron chi connectivity index (χ2n) is 4.63. The van der Waals surface area contributed by atoms with Crippen molar-refractivity contribution >= 4 is 5.95 Å². The molecule has 106 valence electrons. The number of allylic oxidation sites excluding steroid dienone is 4. The summed E-state index contributed by atoms with van der Waals surface area (Å²) < 4.78 is 5.88. The van der Waals surface area contributed by atoms with E-state index in [1.165, 1.54) is 0 Å². The van der Waals surface area contributed by atoms with Crippen molar-refractivity contribution in [3.63, 3.8) is 0 Å². The molecule has 0 radical (unpaired) electrons. The number of rotatable bonds is 3. The Kier molecular flexibility index (Phi) is 3.51. The van der Waals surface area contributed by atoms with Gasteiger partial charge in [-0.25, -0.2) is 15.0 Å². The van der Waals surface area contributed by atoms with E-state index in [1.807, 2.05) is 24.3 Å². The lowest BCUT2D eigenvalue weighted by molar-refractivity contribution is 0.387. The molecule has 3 rings (SSSR count). The van der Waals surface area contributed by atoms with E-state index < -0.39 is 0 Å². The average Bonchev–Trinajstić information content (AvgIpc) is 2.50. The highest BCUT2D eigenvalue weighted by Crippen LogP contribution is 2.29. The Labute approximate surface area is 122 Å². The molecular formula is C15H15N5O. The van der Waals surface area contributed by atoms with Crippen LogP contribution in [0.4, 0.5) is 5.95 Å². The van der Waals surface area contributed by atoms with Crippen molar-refractivity contribution in [2.45, 2.75) is 12.8 Å². The van der Waals surface area contributed by atoms with Crippen molar-refractivity contribution in [1.82, 2.24) is 15.0 Å². The monoisotopic (exact) mass is 281 g/mol. The smallest absolute Gasteiger partial charge is 0.228 e. The highest BCUT2D eigenvalue weighted by atomic mass is 16.5. The largest absolute Gasteiger partial charge is 0.443 e. The molecule has 2 heterocycles. The average molecular weight is 281 g/mol. The molecule has 1 aliphatic carbocycles. The predicted molar refractivity (Wildman–Crippen MR) is 79.9 cm³/mol. The van der Waals surface area contributed by atoms with Crippen molar-refractivity contribution in [3.05, 3.63) is 54.2 Å². The predicted octanol–water partition coefficient (Wildman–Crippen LogP) is 2.02. The minimum Gasteiger partial charge on any atom is -0.443 e. The Morgan fingerprint density at radius 1 is 1.00 bits per heavy atom. The zero-order valence-corrected chi connectivity index (χ0v) is 11.4. The maximum absolute atomic E-state index is 5.88. The fraction of sp³-hybridized carbons (Fsp3) is 0.133. The summed E-state index contributed by atoms with van der Waals surface area (Å²) in [6, 6.07) is 5.48. The van der Waals surface area contributed by atoms with E-state index in [0.717, 1.165) is 29.9 Å². The quantitative estimate of drug-likeness (QED) is 0.892. The van der Waals surface area contributed by atoms with Crippen LogP contribution in [0.1, 0.15) is 12.8 Å². The van der Waals surface area contributed by atoms with Crippen LogP contribution >= 0.6 is 0 Å². The highest BCUT2D eigenvalue weighted by Gasteiger charge is 2.13. The molecule has 0 bridgehead atoms. The fourth-order valence-corrected chi connectivity index (χ4v) is 2.03. The third-order valence-electron chi connectivity index (χ3n) is 3.09. The summed E-state index contributed by atoms with van der Waals surface area (Å²) in [6.07, 6.45) is 8.54. The number of ether oxygens (including phenoxy) is 1. The SMILES string of the molecule is NC1=CC=C(Oc2ncccc2-c2ccnc(N)n2)CC1. The summed E-state index contributed by atoms with van der Waals surface area (Å²) >= 11 is 0. The molecule has 0 aliphatic heterocycles. The van der Waals surface area contributed by atoms with E-state index in [0.29, 0.717) is 11.6 Å². The van der Waals surface area contributed by atoms with Gasteiger partial charge >= 0.3 is 0 Å². The molecule has 0 fully saturated rings. The first kappa shape index (κ1) is 13.1. The minimum absolute atomic E-state index is 0.217. The number of nitrogen functional groups attached to an aromatic ring is 1.